The number of nitrogens with one attached hydrogen (secondary N) is 1. The van der Waals surface area contributed by atoms with Crippen molar-refractivity contribution in [3.05, 3.63) is 87.9 Å². The lowest BCUT2D eigenvalue weighted by atomic mass is 9.86. The average Bonchev–Trinajstić information content (AvgIpc) is 3.01. The highest BCUT2D eigenvalue weighted by Gasteiger charge is 2.36. The molecule has 3 aromatic rings. The topological polar surface area (TPSA) is 71.1 Å². The Morgan fingerprint density at radius 2 is 1.70 bits per heavy atom. The van der Waals surface area contributed by atoms with E-state index >= 15 is 0 Å². The van der Waals surface area contributed by atoms with Gasteiger partial charge < -0.3 is 24.6 Å². The second-order valence-electron chi connectivity index (χ2n) is 11.7. The van der Waals surface area contributed by atoms with Gasteiger partial charge in [-0.05, 0) is 91.8 Å². The van der Waals surface area contributed by atoms with E-state index < -0.39 is 0 Å². The first-order chi connectivity index (χ1) is 20.7. The van der Waals surface area contributed by atoms with E-state index in [4.69, 9.17) is 21.1 Å². The van der Waals surface area contributed by atoms with Gasteiger partial charge in [-0.25, -0.2) is 0 Å². The van der Waals surface area contributed by atoms with Gasteiger partial charge >= 0.3 is 0 Å². The Balaban J connectivity index is 1.45. The van der Waals surface area contributed by atoms with E-state index in [1.807, 2.05) is 65.3 Å². The van der Waals surface area contributed by atoms with Crippen LogP contribution in [-0.2, 0) is 16.0 Å². The maximum absolute atomic E-state index is 13.9. The smallest absolute Gasteiger partial charge is 0.232 e. The standard InChI is InChI=1S/C35H42ClN3O4/c1-6-22(2)43-33-21-31-27(19-32(33)42-5)20-34(41)39(35(31)26-7-11-28(36)12-8-26)30-13-9-25(10-14-30)23(3)37-29-15-17-38(18-16-29)24(4)40/h7-14,19,21-23,29,35,37H,6,15-18,20H2,1-5H3/t22-,23?,35?/m1/s1. The van der Waals surface area contributed by atoms with Gasteiger partial charge in [0.2, 0.25) is 11.8 Å². The number of benzene rings is 3. The van der Waals surface area contributed by atoms with Crippen LogP contribution in [0.2, 0.25) is 5.02 Å². The predicted molar refractivity (Wildman–Crippen MR) is 171 cm³/mol. The minimum absolute atomic E-state index is 0.0150. The van der Waals surface area contributed by atoms with E-state index in [2.05, 4.69) is 31.3 Å². The largest absolute Gasteiger partial charge is 0.493 e. The predicted octanol–water partition coefficient (Wildman–Crippen LogP) is 6.87. The Hall–Kier alpha value is -3.55. The van der Waals surface area contributed by atoms with Gasteiger partial charge in [-0.1, -0.05) is 42.8 Å². The van der Waals surface area contributed by atoms with Gasteiger partial charge in [-0.3, -0.25) is 9.59 Å². The van der Waals surface area contributed by atoms with Crippen LogP contribution >= 0.6 is 11.6 Å². The zero-order chi connectivity index (χ0) is 30.7. The molecule has 0 aliphatic carbocycles. The third-order valence-corrected chi connectivity index (χ3v) is 9.03. The summed E-state index contributed by atoms with van der Waals surface area (Å²) < 4.78 is 11.9. The Bertz CT molecular complexity index is 1430. The van der Waals surface area contributed by atoms with E-state index in [1.165, 1.54) is 0 Å². The van der Waals surface area contributed by atoms with Crippen molar-refractivity contribution in [2.75, 3.05) is 25.1 Å². The molecule has 0 saturated carbocycles. The van der Waals surface area contributed by atoms with Crippen molar-refractivity contribution in [3.8, 4) is 11.5 Å². The van der Waals surface area contributed by atoms with E-state index in [-0.39, 0.29) is 36.4 Å². The molecule has 1 saturated heterocycles. The number of likely N-dealkylation sites (tertiary alicyclic amines) is 1. The third-order valence-electron chi connectivity index (χ3n) is 8.77. The lowest BCUT2D eigenvalue weighted by Gasteiger charge is -2.38. The first kappa shape index (κ1) is 30.9. The number of carbonyl (C=O) groups excluding carboxylic acids is 2. The Labute approximate surface area is 260 Å². The van der Waals surface area contributed by atoms with Crippen LogP contribution in [-0.4, -0.2) is 49.1 Å². The highest BCUT2D eigenvalue weighted by atomic mass is 35.5. The van der Waals surface area contributed by atoms with Gasteiger partial charge in [-0.2, -0.15) is 0 Å². The van der Waals surface area contributed by atoms with Crippen LogP contribution in [0.15, 0.2) is 60.7 Å². The zero-order valence-electron chi connectivity index (χ0n) is 25.7. The van der Waals surface area contributed by atoms with Crippen LogP contribution in [0.4, 0.5) is 5.69 Å². The number of rotatable bonds is 9. The van der Waals surface area contributed by atoms with Crippen molar-refractivity contribution in [2.24, 2.45) is 0 Å². The summed E-state index contributed by atoms with van der Waals surface area (Å²) in [6, 6.07) is 20.1. The fourth-order valence-electron chi connectivity index (χ4n) is 6.11. The van der Waals surface area contributed by atoms with E-state index in [0.717, 1.165) is 60.3 Å². The molecule has 5 rings (SSSR count). The van der Waals surface area contributed by atoms with Crippen molar-refractivity contribution >= 4 is 29.1 Å². The van der Waals surface area contributed by atoms with Crippen LogP contribution in [0.1, 0.15) is 81.3 Å². The average molecular weight is 604 g/mol. The van der Waals surface area contributed by atoms with Gasteiger partial charge in [0.05, 0.1) is 25.7 Å². The number of fused-ring (bicyclic) bond motifs is 1. The highest BCUT2D eigenvalue weighted by molar-refractivity contribution is 6.30. The molecule has 228 valence electrons. The van der Waals surface area contributed by atoms with Crippen molar-refractivity contribution in [3.63, 3.8) is 0 Å². The maximum Gasteiger partial charge on any atom is 0.232 e. The first-order valence-electron chi connectivity index (χ1n) is 15.2. The molecule has 0 aromatic heterocycles. The zero-order valence-corrected chi connectivity index (χ0v) is 26.5. The summed E-state index contributed by atoms with van der Waals surface area (Å²) in [5.41, 5.74) is 4.90. The minimum Gasteiger partial charge on any atom is -0.493 e. The fraction of sp³-hybridized carbons (Fsp3) is 0.429. The number of ether oxygens (including phenoxy) is 2. The van der Waals surface area contributed by atoms with Crippen LogP contribution in [0.25, 0.3) is 0 Å². The van der Waals surface area contributed by atoms with Crippen molar-refractivity contribution in [2.45, 2.75) is 77.6 Å². The van der Waals surface area contributed by atoms with Gasteiger partial charge in [-0.15, -0.1) is 0 Å². The Morgan fingerprint density at radius 1 is 1.02 bits per heavy atom. The number of anilines is 1. The number of methoxy groups -OCH3 is 1. The fourth-order valence-corrected chi connectivity index (χ4v) is 6.24. The summed E-state index contributed by atoms with van der Waals surface area (Å²) >= 11 is 6.27. The van der Waals surface area contributed by atoms with Gasteiger partial charge in [0.1, 0.15) is 0 Å². The molecule has 2 aliphatic rings. The molecule has 0 spiro atoms. The van der Waals surface area contributed by atoms with Crippen molar-refractivity contribution < 1.29 is 19.1 Å². The molecule has 8 heteroatoms. The van der Waals surface area contributed by atoms with Gasteiger partial charge in [0, 0.05) is 42.8 Å². The molecular formula is C35H42ClN3O4. The SMILES string of the molecule is CC[C@@H](C)Oc1cc2c(cc1OC)CC(=O)N(c1ccc(C(C)NC3CCN(C(C)=O)CC3)cc1)C2c1ccc(Cl)cc1. The molecule has 0 radical (unpaired) electrons. The number of hydrogen-bond acceptors (Lipinski definition) is 5. The molecule has 2 heterocycles. The Kier molecular flexibility index (Phi) is 9.62. The third kappa shape index (κ3) is 6.84. The molecular weight excluding hydrogens is 562 g/mol. The van der Waals surface area contributed by atoms with Gasteiger partial charge in [0.25, 0.3) is 0 Å². The van der Waals surface area contributed by atoms with Crippen LogP contribution in [0.5, 0.6) is 11.5 Å². The lowest BCUT2D eigenvalue weighted by molar-refractivity contribution is -0.130. The maximum atomic E-state index is 13.9. The van der Waals surface area contributed by atoms with Crippen LogP contribution in [0, 0.1) is 0 Å². The van der Waals surface area contributed by atoms with Gasteiger partial charge in [0.15, 0.2) is 11.5 Å². The molecule has 2 amide bonds. The number of nitrogens with zero attached hydrogens (tertiary/aromatic N) is 2. The molecule has 1 N–H and O–H groups in total. The molecule has 7 nitrogen and oxygen atoms in total. The molecule has 2 aliphatic heterocycles. The summed E-state index contributed by atoms with van der Waals surface area (Å²) in [6.45, 7) is 9.51. The van der Waals surface area contributed by atoms with E-state index in [1.54, 1.807) is 14.0 Å². The quantitative estimate of drug-likeness (QED) is 0.289. The van der Waals surface area contributed by atoms with Crippen molar-refractivity contribution in [1.29, 1.82) is 0 Å². The first-order valence-corrected chi connectivity index (χ1v) is 15.6. The molecule has 3 atom stereocenters. The monoisotopic (exact) mass is 603 g/mol. The number of amides is 2. The summed E-state index contributed by atoms with van der Waals surface area (Å²) in [5, 5.41) is 4.38. The van der Waals surface area contributed by atoms with Crippen LogP contribution < -0.4 is 19.7 Å². The second kappa shape index (κ2) is 13.4. The molecule has 1 fully saturated rings. The molecule has 43 heavy (non-hydrogen) atoms. The number of piperidine rings is 1. The normalized spacial score (nSPS) is 18.7. The van der Waals surface area contributed by atoms with E-state index in [0.29, 0.717) is 22.6 Å². The number of halogens is 1. The summed E-state index contributed by atoms with van der Waals surface area (Å²) in [5.74, 6) is 1.47. The van der Waals surface area contributed by atoms with E-state index in [9.17, 15) is 9.59 Å². The number of hydrogen-bond donors (Lipinski definition) is 1. The lowest BCUT2D eigenvalue weighted by Crippen LogP contribution is -2.44. The highest BCUT2D eigenvalue weighted by Crippen LogP contribution is 2.44. The summed E-state index contributed by atoms with van der Waals surface area (Å²) in [4.78, 5) is 29.4. The van der Waals surface area contributed by atoms with Crippen molar-refractivity contribution in [1.82, 2.24) is 10.2 Å². The minimum atomic E-state index is -0.355. The number of carbonyl (C=O) groups is 2. The Morgan fingerprint density at radius 3 is 2.30 bits per heavy atom. The summed E-state index contributed by atoms with van der Waals surface area (Å²) in [6.07, 6.45) is 3.04. The van der Waals surface area contributed by atoms with Crippen LogP contribution in [0.3, 0.4) is 0 Å². The summed E-state index contributed by atoms with van der Waals surface area (Å²) in [7, 11) is 1.63. The molecule has 3 aromatic carbocycles. The molecule has 0 bridgehead atoms. The second-order valence-corrected chi connectivity index (χ2v) is 12.1. The molecule has 2 unspecified atom stereocenters.